The lowest BCUT2D eigenvalue weighted by molar-refractivity contribution is -0.124. The lowest BCUT2D eigenvalue weighted by Crippen LogP contribution is -2.30. The number of ketones is 1. The zero-order valence-electron chi connectivity index (χ0n) is 23.8. The second-order valence-corrected chi connectivity index (χ2v) is 10.5. The SMILES string of the molecule is CC(=O)c1c(C)c2cnc(Nc3ccc(N(C)Cc4ccc(/C=C/C(=O)NO)cc4)cn3)nc2n(C2CCCC2)c1=O. The van der Waals surface area contributed by atoms with Crippen LogP contribution in [0.4, 0.5) is 17.5 Å². The third-order valence-electron chi connectivity index (χ3n) is 7.62. The minimum atomic E-state index is -0.584. The maximum absolute atomic E-state index is 13.4. The van der Waals surface area contributed by atoms with Crippen molar-refractivity contribution in [2.75, 3.05) is 17.3 Å². The number of Topliss-reactive ketones (excluding diaryl/α,β-unsaturated/α-hetero) is 1. The highest BCUT2D eigenvalue weighted by Crippen LogP contribution is 2.32. The molecular weight excluding hydrogens is 534 g/mol. The highest BCUT2D eigenvalue weighted by atomic mass is 16.5. The highest BCUT2D eigenvalue weighted by Gasteiger charge is 2.25. The molecule has 1 fully saturated rings. The molecule has 1 aliphatic carbocycles. The van der Waals surface area contributed by atoms with Gasteiger partial charge in [-0.2, -0.15) is 4.98 Å². The Morgan fingerprint density at radius 3 is 2.48 bits per heavy atom. The Bertz CT molecular complexity index is 1710. The predicted octanol–water partition coefficient (Wildman–Crippen LogP) is 4.71. The van der Waals surface area contributed by atoms with Crippen LogP contribution in [-0.2, 0) is 11.3 Å². The Kier molecular flexibility index (Phi) is 8.39. The summed E-state index contributed by atoms with van der Waals surface area (Å²) >= 11 is 0. The van der Waals surface area contributed by atoms with Crippen molar-refractivity contribution in [3.05, 3.63) is 87.5 Å². The zero-order chi connectivity index (χ0) is 29.8. The Morgan fingerprint density at radius 1 is 1.10 bits per heavy atom. The number of anilines is 3. The fourth-order valence-electron chi connectivity index (χ4n) is 5.42. The van der Waals surface area contributed by atoms with Gasteiger partial charge in [-0.15, -0.1) is 0 Å². The van der Waals surface area contributed by atoms with Crippen molar-refractivity contribution in [2.24, 2.45) is 0 Å². The van der Waals surface area contributed by atoms with Gasteiger partial charge in [-0.3, -0.25) is 24.2 Å². The van der Waals surface area contributed by atoms with E-state index in [4.69, 9.17) is 10.2 Å². The molecule has 0 unspecified atom stereocenters. The van der Waals surface area contributed by atoms with Gasteiger partial charge in [0, 0.05) is 37.3 Å². The number of hydrogen-bond donors (Lipinski definition) is 3. The number of pyridine rings is 2. The number of amides is 1. The fourth-order valence-corrected chi connectivity index (χ4v) is 5.42. The summed E-state index contributed by atoms with van der Waals surface area (Å²) in [5, 5.41) is 12.4. The number of hydroxylamine groups is 1. The van der Waals surface area contributed by atoms with E-state index >= 15 is 0 Å². The Hall–Kier alpha value is -4.90. The number of hydrogen-bond acceptors (Lipinski definition) is 9. The maximum Gasteiger partial charge on any atom is 0.267 e. The van der Waals surface area contributed by atoms with Gasteiger partial charge in [-0.1, -0.05) is 37.1 Å². The van der Waals surface area contributed by atoms with Gasteiger partial charge >= 0.3 is 0 Å². The van der Waals surface area contributed by atoms with Gasteiger partial charge in [0.05, 0.1) is 17.4 Å². The lowest BCUT2D eigenvalue weighted by atomic mass is 10.0. The molecule has 0 radical (unpaired) electrons. The highest BCUT2D eigenvalue weighted by molar-refractivity contribution is 5.99. The van der Waals surface area contributed by atoms with Gasteiger partial charge in [0.15, 0.2) is 5.78 Å². The molecule has 3 heterocycles. The molecular formula is C31H33N7O4. The summed E-state index contributed by atoms with van der Waals surface area (Å²) in [5.74, 6) is 0.0461. The first kappa shape index (κ1) is 28.6. The molecule has 0 bridgehead atoms. The van der Waals surface area contributed by atoms with Crippen LogP contribution in [0.3, 0.4) is 0 Å². The third-order valence-corrected chi connectivity index (χ3v) is 7.62. The van der Waals surface area contributed by atoms with Gasteiger partial charge in [0.1, 0.15) is 11.5 Å². The molecule has 1 amide bonds. The van der Waals surface area contributed by atoms with Crippen LogP contribution in [0.2, 0.25) is 0 Å². The second kappa shape index (κ2) is 12.3. The first-order valence-corrected chi connectivity index (χ1v) is 13.8. The number of fused-ring (bicyclic) bond motifs is 1. The maximum atomic E-state index is 13.4. The first-order chi connectivity index (χ1) is 20.2. The van der Waals surface area contributed by atoms with Crippen LogP contribution in [0.15, 0.2) is 59.7 Å². The summed E-state index contributed by atoms with van der Waals surface area (Å²) in [7, 11) is 1.97. The quantitative estimate of drug-likeness (QED) is 0.113. The van der Waals surface area contributed by atoms with E-state index in [0.29, 0.717) is 34.9 Å². The number of carbonyl (C=O) groups is 2. The van der Waals surface area contributed by atoms with Gasteiger partial charge in [0.2, 0.25) is 5.95 Å². The molecule has 11 heteroatoms. The normalized spacial score (nSPS) is 13.5. The van der Waals surface area contributed by atoms with E-state index in [2.05, 4.69) is 20.2 Å². The van der Waals surface area contributed by atoms with Gasteiger partial charge < -0.3 is 10.2 Å². The topological polar surface area (TPSA) is 142 Å². The molecule has 0 aliphatic heterocycles. The minimum Gasteiger partial charge on any atom is -0.369 e. The average Bonchev–Trinajstić information content (AvgIpc) is 3.51. The van der Waals surface area contributed by atoms with Crippen molar-refractivity contribution < 1.29 is 14.8 Å². The molecule has 4 aromatic rings. The molecule has 3 aromatic heterocycles. The smallest absolute Gasteiger partial charge is 0.267 e. The van der Waals surface area contributed by atoms with E-state index in [1.807, 2.05) is 43.4 Å². The van der Waals surface area contributed by atoms with E-state index in [-0.39, 0.29) is 22.9 Å². The van der Waals surface area contributed by atoms with Crippen LogP contribution in [0, 0.1) is 6.92 Å². The zero-order valence-corrected chi connectivity index (χ0v) is 23.8. The second-order valence-electron chi connectivity index (χ2n) is 10.5. The van der Waals surface area contributed by atoms with E-state index in [9.17, 15) is 14.4 Å². The van der Waals surface area contributed by atoms with Crippen LogP contribution in [0.5, 0.6) is 0 Å². The Morgan fingerprint density at radius 2 is 1.83 bits per heavy atom. The lowest BCUT2D eigenvalue weighted by Gasteiger charge is -2.20. The predicted molar refractivity (Wildman–Crippen MR) is 161 cm³/mol. The number of rotatable bonds is 9. The van der Waals surface area contributed by atoms with Gasteiger partial charge in [-0.25, -0.2) is 15.4 Å². The molecule has 11 nitrogen and oxygen atoms in total. The molecule has 1 aromatic carbocycles. The molecule has 0 atom stereocenters. The van der Waals surface area contributed by atoms with Crippen LogP contribution < -0.4 is 21.3 Å². The average molecular weight is 568 g/mol. The molecule has 216 valence electrons. The van der Waals surface area contributed by atoms with E-state index < -0.39 is 5.91 Å². The monoisotopic (exact) mass is 567 g/mol. The van der Waals surface area contributed by atoms with E-state index in [1.54, 1.807) is 35.4 Å². The van der Waals surface area contributed by atoms with E-state index in [0.717, 1.165) is 42.5 Å². The Balaban J connectivity index is 1.33. The van der Waals surface area contributed by atoms with Crippen LogP contribution in [-0.4, -0.2) is 43.5 Å². The van der Waals surface area contributed by atoms with Crippen LogP contribution in [0.25, 0.3) is 17.1 Å². The summed E-state index contributed by atoms with van der Waals surface area (Å²) in [6.45, 7) is 3.84. The minimum absolute atomic E-state index is 0.00910. The van der Waals surface area contributed by atoms with Crippen LogP contribution >= 0.6 is 0 Å². The Labute approximate surface area is 242 Å². The van der Waals surface area contributed by atoms with E-state index in [1.165, 1.54) is 13.0 Å². The first-order valence-electron chi connectivity index (χ1n) is 13.8. The van der Waals surface area contributed by atoms with Gasteiger partial charge in [-0.05, 0) is 61.6 Å². The molecule has 5 rings (SSSR count). The molecule has 3 N–H and O–H groups in total. The molecule has 1 aliphatic rings. The fraction of sp³-hybridized carbons (Fsp3) is 0.290. The number of aryl methyl sites for hydroxylation is 1. The van der Waals surface area contributed by atoms with Gasteiger partial charge in [0.25, 0.3) is 11.5 Å². The summed E-state index contributed by atoms with van der Waals surface area (Å²) in [5.41, 5.74) is 5.45. The van der Waals surface area contributed by atoms with Crippen LogP contribution in [0.1, 0.15) is 65.7 Å². The van der Waals surface area contributed by atoms with Crippen molar-refractivity contribution in [3.63, 3.8) is 0 Å². The summed E-state index contributed by atoms with van der Waals surface area (Å²) in [4.78, 5) is 52.7. The third kappa shape index (κ3) is 6.06. The van der Waals surface area contributed by atoms with Crippen molar-refractivity contribution >= 4 is 46.3 Å². The van der Waals surface area contributed by atoms with Crippen molar-refractivity contribution in [2.45, 2.75) is 52.1 Å². The number of carbonyl (C=O) groups excluding carboxylic acids is 2. The number of aromatic nitrogens is 4. The molecule has 0 spiro atoms. The molecule has 42 heavy (non-hydrogen) atoms. The standard InChI is InChI=1S/C31H33N7O4/c1-19-25-17-33-31(35-29(25)38(23-6-4-5-7-23)30(41)28(19)20(2)39)34-26-14-13-24(16-32-26)37(3)18-22-10-8-21(9-11-22)12-15-27(40)36-42/h8-17,23,42H,4-7,18H2,1-3H3,(H,36,40)(H,32,33,34,35)/b15-12+. The number of benzene rings is 1. The summed E-state index contributed by atoms with van der Waals surface area (Å²) in [6.07, 6.45) is 10.1. The number of nitrogens with zero attached hydrogens (tertiary/aromatic N) is 5. The molecule has 0 saturated heterocycles. The van der Waals surface area contributed by atoms with Crippen molar-refractivity contribution in [3.8, 4) is 0 Å². The largest absolute Gasteiger partial charge is 0.369 e. The molecule has 1 saturated carbocycles. The van der Waals surface area contributed by atoms with Crippen molar-refractivity contribution in [1.29, 1.82) is 0 Å². The summed E-state index contributed by atoms with van der Waals surface area (Å²) in [6, 6.07) is 11.5. The van der Waals surface area contributed by atoms with Crippen molar-refractivity contribution in [1.82, 2.24) is 25.0 Å². The summed E-state index contributed by atoms with van der Waals surface area (Å²) < 4.78 is 1.69. The number of nitrogens with one attached hydrogen (secondary N) is 2.